The number of nitrogen functional groups attached to an aromatic ring is 1. The Balaban J connectivity index is 1.55. The van der Waals surface area contributed by atoms with Crippen LogP contribution in [-0.2, 0) is 17.1 Å². The summed E-state index contributed by atoms with van der Waals surface area (Å²) in [5.41, 5.74) is 6.98. The molecule has 1 aromatic heterocycles. The van der Waals surface area contributed by atoms with Crippen LogP contribution in [-0.4, -0.2) is 51.4 Å². The van der Waals surface area contributed by atoms with E-state index < -0.39 is 28.6 Å². The maximum Gasteiger partial charge on any atom is 0.316 e. The molecule has 0 unspecified atom stereocenters. The highest BCUT2D eigenvalue weighted by Gasteiger charge is 2.29. The van der Waals surface area contributed by atoms with Gasteiger partial charge in [-0.1, -0.05) is 32.9 Å². The molecule has 0 bridgehead atoms. The summed E-state index contributed by atoms with van der Waals surface area (Å²) in [4.78, 5) is 15.4. The number of nitrogens with two attached hydrogens (primary N) is 1. The molecule has 0 saturated carbocycles. The smallest absolute Gasteiger partial charge is 0.316 e. The predicted molar refractivity (Wildman–Crippen MR) is 141 cm³/mol. The minimum atomic E-state index is -1.23. The summed E-state index contributed by atoms with van der Waals surface area (Å²) < 4.78 is 49.4. The summed E-state index contributed by atoms with van der Waals surface area (Å²) >= 11 is -1.23. The predicted octanol–water partition coefficient (Wildman–Crippen LogP) is 3.50. The van der Waals surface area contributed by atoms with Gasteiger partial charge in [-0.2, -0.15) is 9.78 Å². The van der Waals surface area contributed by atoms with Crippen molar-refractivity contribution in [2.75, 3.05) is 43.4 Å². The van der Waals surface area contributed by atoms with E-state index in [0.29, 0.717) is 43.3 Å². The fourth-order valence-corrected chi connectivity index (χ4v) is 5.19. The molecule has 1 fully saturated rings. The highest BCUT2D eigenvalue weighted by molar-refractivity contribution is 7.88. The van der Waals surface area contributed by atoms with Crippen LogP contribution in [0.15, 0.2) is 53.5 Å². The van der Waals surface area contributed by atoms with Gasteiger partial charge in [0, 0.05) is 41.8 Å². The number of nitrogens with zero attached hydrogens (tertiary/aromatic N) is 4. The summed E-state index contributed by atoms with van der Waals surface area (Å²) in [5, 5.41) is 4.19. The van der Waals surface area contributed by atoms with Crippen LogP contribution in [0.3, 0.4) is 0 Å². The SMILES string of the molecule is CC(C)(C)COc1c(N2CCN([S@+]([O-])Cc3cccc(N)c3)CC2)cnn(-c2cc(F)cc(F)c2)c1=O. The highest BCUT2D eigenvalue weighted by Crippen LogP contribution is 2.28. The lowest BCUT2D eigenvalue weighted by atomic mass is 9.99. The Morgan fingerprint density at radius 3 is 2.38 bits per heavy atom. The van der Waals surface area contributed by atoms with Gasteiger partial charge in [-0.15, -0.1) is 4.31 Å². The molecule has 2 N–H and O–H groups in total. The maximum atomic E-state index is 13.8. The van der Waals surface area contributed by atoms with Gasteiger partial charge in [-0.05, 0) is 29.7 Å². The van der Waals surface area contributed by atoms with Gasteiger partial charge in [-0.25, -0.2) is 8.78 Å². The molecule has 1 saturated heterocycles. The lowest BCUT2D eigenvalue weighted by Crippen LogP contribution is -2.49. The molecule has 0 aliphatic carbocycles. The third-order valence-corrected chi connectivity index (χ3v) is 7.29. The fraction of sp³-hybridized carbons (Fsp3) is 0.385. The van der Waals surface area contributed by atoms with Crippen molar-refractivity contribution in [3.05, 3.63) is 76.2 Å². The van der Waals surface area contributed by atoms with E-state index >= 15 is 0 Å². The van der Waals surface area contributed by atoms with Crippen LogP contribution in [0.1, 0.15) is 26.3 Å². The first kappa shape index (κ1) is 26.9. The van der Waals surface area contributed by atoms with Crippen LogP contribution in [0.4, 0.5) is 20.2 Å². The van der Waals surface area contributed by atoms with E-state index in [-0.39, 0.29) is 23.5 Å². The van der Waals surface area contributed by atoms with E-state index in [1.54, 1.807) is 6.07 Å². The molecule has 1 atom stereocenters. The number of anilines is 2. The van der Waals surface area contributed by atoms with E-state index in [1.165, 1.54) is 6.20 Å². The van der Waals surface area contributed by atoms with Crippen molar-refractivity contribution in [3.63, 3.8) is 0 Å². The van der Waals surface area contributed by atoms with Crippen molar-refractivity contribution in [1.29, 1.82) is 0 Å². The average Bonchev–Trinajstić information content (AvgIpc) is 2.82. The Hall–Kier alpha value is -3.15. The quantitative estimate of drug-likeness (QED) is 0.368. The van der Waals surface area contributed by atoms with Crippen molar-refractivity contribution in [2.24, 2.45) is 5.41 Å². The van der Waals surface area contributed by atoms with Gasteiger partial charge >= 0.3 is 5.56 Å². The zero-order valence-electron chi connectivity index (χ0n) is 21.1. The summed E-state index contributed by atoms with van der Waals surface area (Å²) in [6.45, 7) is 8.18. The minimum Gasteiger partial charge on any atom is -0.598 e. The third-order valence-electron chi connectivity index (χ3n) is 5.76. The summed E-state index contributed by atoms with van der Waals surface area (Å²) in [7, 11) is 0. The van der Waals surface area contributed by atoms with Crippen LogP contribution >= 0.6 is 0 Å². The second kappa shape index (κ2) is 11.1. The zero-order chi connectivity index (χ0) is 26.7. The summed E-state index contributed by atoms with van der Waals surface area (Å²) in [6, 6.07) is 10.2. The van der Waals surface area contributed by atoms with Crippen molar-refractivity contribution >= 4 is 22.7 Å². The second-order valence-corrected chi connectivity index (χ2v) is 11.6. The first-order valence-electron chi connectivity index (χ1n) is 11.9. The van der Waals surface area contributed by atoms with Crippen molar-refractivity contribution < 1.29 is 18.1 Å². The van der Waals surface area contributed by atoms with Gasteiger partial charge in [0.1, 0.15) is 17.3 Å². The molecule has 0 amide bonds. The molecule has 2 aromatic carbocycles. The number of hydrogen-bond acceptors (Lipinski definition) is 7. The van der Waals surface area contributed by atoms with Crippen molar-refractivity contribution in [1.82, 2.24) is 14.1 Å². The average molecular weight is 532 g/mol. The van der Waals surface area contributed by atoms with Crippen LogP contribution in [0.5, 0.6) is 5.75 Å². The van der Waals surface area contributed by atoms with E-state index in [9.17, 15) is 18.1 Å². The van der Waals surface area contributed by atoms with Gasteiger partial charge in [-0.3, -0.25) is 4.79 Å². The van der Waals surface area contributed by atoms with Gasteiger partial charge in [0.25, 0.3) is 0 Å². The van der Waals surface area contributed by atoms with Gasteiger partial charge in [0.2, 0.25) is 5.75 Å². The van der Waals surface area contributed by atoms with E-state index in [1.807, 2.05) is 48.2 Å². The Labute approximate surface area is 218 Å². The molecule has 8 nitrogen and oxygen atoms in total. The topological polar surface area (TPSA) is 99.7 Å². The Morgan fingerprint density at radius 1 is 1.08 bits per heavy atom. The highest BCUT2D eigenvalue weighted by atomic mass is 32.2. The number of rotatable bonds is 7. The van der Waals surface area contributed by atoms with Gasteiger partial charge < -0.3 is 19.9 Å². The minimum absolute atomic E-state index is 0.0311. The molecule has 11 heteroatoms. The molecule has 37 heavy (non-hydrogen) atoms. The van der Waals surface area contributed by atoms with Crippen LogP contribution in [0.2, 0.25) is 0 Å². The van der Waals surface area contributed by atoms with E-state index in [0.717, 1.165) is 28.4 Å². The molecular formula is C26H31F2N5O3S. The molecular weight excluding hydrogens is 500 g/mol. The van der Waals surface area contributed by atoms with E-state index in [4.69, 9.17) is 10.5 Å². The first-order valence-corrected chi connectivity index (χ1v) is 13.2. The molecule has 1 aliphatic heterocycles. The zero-order valence-corrected chi connectivity index (χ0v) is 21.9. The van der Waals surface area contributed by atoms with Crippen LogP contribution < -0.4 is 20.9 Å². The van der Waals surface area contributed by atoms with Crippen LogP contribution in [0, 0.1) is 17.0 Å². The number of halogens is 2. The Bertz CT molecular complexity index is 1290. The number of ether oxygens (including phenoxy) is 1. The Morgan fingerprint density at radius 2 is 1.76 bits per heavy atom. The molecule has 0 radical (unpaired) electrons. The van der Waals surface area contributed by atoms with Crippen molar-refractivity contribution in [2.45, 2.75) is 26.5 Å². The third kappa shape index (κ3) is 6.79. The second-order valence-electron chi connectivity index (χ2n) is 10.2. The maximum absolute atomic E-state index is 13.8. The number of hydrogen-bond donors (Lipinski definition) is 1. The lowest BCUT2D eigenvalue weighted by molar-refractivity contribution is 0.195. The largest absolute Gasteiger partial charge is 0.598 e. The number of piperazine rings is 1. The number of benzene rings is 2. The monoisotopic (exact) mass is 531 g/mol. The van der Waals surface area contributed by atoms with Gasteiger partial charge in [0.15, 0.2) is 5.75 Å². The fourth-order valence-electron chi connectivity index (χ4n) is 3.97. The molecule has 4 rings (SSSR count). The standard InChI is InChI=1S/C26H31F2N5O3S/c1-26(2,3)17-36-24-23(15-30-33(25(24)34)22-13-19(27)12-20(28)14-22)31-7-9-32(10-8-31)37(35)16-18-5-4-6-21(29)11-18/h4-6,11-15H,7-10,16-17,29H2,1-3H3/t37-/m1/s1. The summed E-state index contributed by atoms with van der Waals surface area (Å²) in [6.07, 6.45) is 1.47. The van der Waals surface area contributed by atoms with Crippen LogP contribution in [0.25, 0.3) is 5.69 Å². The van der Waals surface area contributed by atoms with E-state index in [2.05, 4.69) is 5.10 Å². The first-order chi connectivity index (χ1) is 17.5. The van der Waals surface area contributed by atoms with Crippen molar-refractivity contribution in [3.8, 4) is 11.4 Å². The molecule has 198 valence electrons. The normalized spacial score (nSPS) is 15.6. The molecule has 2 heterocycles. The number of aromatic nitrogens is 2. The molecule has 0 spiro atoms. The lowest BCUT2D eigenvalue weighted by Gasteiger charge is -2.36. The molecule has 3 aromatic rings. The van der Waals surface area contributed by atoms with Gasteiger partial charge in [0.05, 0.1) is 31.6 Å². The molecule has 1 aliphatic rings. The Kier molecular flexibility index (Phi) is 8.05. The summed E-state index contributed by atoms with van der Waals surface area (Å²) in [5.74, 6) is -1.20.